The van der Waals surface area contributed by atoms with Crippen LogP contribution in [-0.4, -0.2) is 13.7 Å². The number of aromatic nitrogens is 3. The van der Waals surface area contributed by atoms with Crippen LogP contribution in [0.1, 0.15) is 0 Å². The van der Waals surface area contributed by atoms with Crippen LogP contribution in [-0.2, 0) is 0 Å². The molecule has 0 atom stereocenters. The summed E-state index contributed by atoms with van der Waals surface area (Å²) in [6.07, 6.45) is 2.19. The number of hydrogen-bond donors (Lipinski definition) is 0. The van der Waals surface area contributed by atoms with Gasteiger partial charge in [-0.05, 0) is 66.7 Å². The van der Waals surface area contributed by atoms with E-state index in [4.69, 9.17) is 0 Å². The van der Waals surface area contributed by atoms with Gasteiger partial charge >= 0.3 is 0 Å². The number of benzene rings is 6. The number of hydrogen-bond acceptors (Lipinski definition) is 0. The van der Waals surface area contributed by atoms with Crippen LogP contribution in [0.2, 0.25) is 0 Å². The van der Waals surface area contributed by atoms with E-state index >= 15 is 0 Å². The van der Waals surface area contributed by atoms with Crippen molar-refractivity contribution in [1.29, 1.82) is 0 Å². The molecule has 192 valence electrons. The first-order valence-corrected chi connectivity index (χ1v) is 14.0. The summed E-state index contributed by atoms with van der Waals surface area (Å²) in [7, 11) is 0. The molecule has 0 saturated heterocycles. The highest BCUT2D eigenvalue weighted by Crippen LogP contribution is 2.40. The first-order valence-electron chi connectivity index (χ1n) is 14.0. The summed E-state index contributed by atoms with van der Waals surface area (Å²) in [6, 6.07) is 52.5. The number of para-hydroxylation sites is 4. The van der Waals surface area contributed by atoms with Gasteiger partial charge in [-0.1, -0.05) is 78.9 Å². The van der Waals surface area contributed by atoms with Crippen LogP contribution in [0.15, 0.2) is 152 Å². The van der Waals surface area contributed by atoms with Crippen LogP contribution < -0.4 is 0 Å². The molecule has 0 aliphatic carbocycles. The first-order chi connectivity index (χ1) is 20.4. The molecule has 9 rings (SSSR count). The molecule has 9 aromatic rings. The highest BCUT2D eigenvalue weighted by Gasteiger charge is 2.19. The summed E-state index contributed by atoms with van der Waals surface area (Å²) < 4.78 is 7.13. The Hall–Kier alpha value is -5.54. The van der Waals surface area contributed by atoms with Gasteiger partial charge in [0, 0.05) is 50.2 Å². The Kier molecular flexibility index (Phi) is 4.61. The molecule has 0 aliphatic heterocycles. The maximum Gasteiger partial charge on any atom is 0.0628 e. The van der Waals surface area contributed by atoms with E-state index in [-0.39, 0.29) is 0 Å². The van der Waals surface area contributed by atoms with Crippen molar-refractivity contribution in [3.05, 3.63) is 152 Å². The van der Waals surface area contributed by atoms with Gasteiger partial charge in [0.15, 0.2) is 0 Å². The van der Waals surface area contributed by atoms with Crippen molar-refractivity contribution < 1.29 is 0 Å². The summed E-state index contributed by atoms with van der Waals surface area (Å²) in [5, 5.41) is 6.29. The minimum absolute atomic E-state index is 1.16. The lowest BCUT2D eigenvalue weighted by atomic mass is 10.1. The summed E-state index contributed by atoms with van der Waals surface area (Å²) >= 11 is 0. The Morgan fingerprint density at radius 1 is 0.366 bits per heavy atom. The van der Waals surface area contributed by atoms with Crippen LogP contribution in [0.3, 0.4) is 0 Å². The average Bonchev–Trinajstić information content (AvgIpc) is 3.71. The second kappa shape index (κ2) is 8.48. The van der Waals surface area contributed by atoms with E-state index in [0.29, 0.717) is 0 Å². The average molecular weight is 524 g/mol. The second-order valence-electron chi connectivity index (χ2n) is 10.7. The fourth-order valence-electron chi connectivity index (χ4n) is 6.72. The molecule has 3 nitrogen and oxygen atoms in total. The normalized spacial score (nSPS) is 11.9. The van der Waals surface area contributed by atoms with Crippen molar-refractivity contribution in [1.82, 2.24) is 13.7 Å². The molecule has 0 spiro atoms. The zero-order chi connectivity index (χ0) is 26.9. The lowest BCUT2D eigenvalue weighted by Gasteiger charge is -2.11. The molecule has 41 heavy (non-hydrogen) atoms. The van der Waals surface area contributed by atoms with Gasteiger partial charge in [-0.15, -0.1) is 0 Å². The van der Waals surface area contributed by atoms with Gasteiger partial charge in [-0.2, -0.15) is 0 Å². The van der Waals surface area contributed by atoms with Gasteiger partial charge in [0.25, 0.3) is 0 Å². The van der Waals surface area contributed by atoms with Crippen molar-refractivity contribution in [3.8, 4) is 17.1 Å². The highest BCUT2D eigenvalue weighted by molar-refractivity contribution is 6.21. The van der Waals surface area contributed by atoms with Crippen molar-refractivity contribution in [2.24, 2.45) is 0 Å². The topological polar surface area (TPSA) is 14.8 Å². The standard InChI is InChI=1S/C38H25N3/c1-3-11-27(12-4-1)39-24-23-26-19-21-36-37(38(26)39)31-16-8-10-18-34(31)41(36)29-20-22-35-32(25-29)30-15-7-9-17-33(30)40(35)28-13-5-2-6-14-28/h1-25H. The minimum atomic E-state index is 1.16. The Morgan fingerprint density at radius 3 is 1.73 bits per heavy atom. The Balaban J connectivity index is 1.38. The highest BCUT2D eigenvalue weighted by atomic mass is 15.0. The van der Waals surface area contributed by atoms with Gasteiger partial charge in [0.2, 0.25) is 0 Å². The molecule has 0 fully saturated rings. The van der Waals surface area contributed by atoms with Crippen molar-refractivity contribution in [2.45, 2.75) is 0 Å². The molecular formula is C38H25N3. The van der Waals surface area contributed by atoms with E-state index < -0.39 is 0 Å². The van der Waals surface area contributed by atoms with Crippen LogP contribution in [0.4, 0.5) is 0 Å². The first kappa shape index (κ1) is 22.3. The number of nitrogens with zero attached hydrogens (tertiary/aromatic N) is 3. The van der Waals surface area contributed by atoms with Gasteiger partial charge in [0.05, 0.1) is 27.6 Å². The zero-order valence-corrected chi connectivity index (χ0v) is 22.3. The van der Waals surface area contributed by atoms with Crippen molar-refractivity contribution in [2.75, 3.05) is 0 Å². The monoisotopic (exact) mass is 523 g/mol. The lowest BCUT2D eigenvalue weighted by molar-refractivity contribution is 1.13. The Labute approximate surface area is 236 Å². The van der Waals surface area contributed by atoms with Crippen LogP contribution in [0.25, 0.3) is 71.6 Å². The fraction of sp³-hybridized carbons (Fsp3) is 0. The maximum atomic E-state index is 2.43. The predicted octanol–water partition coefficient (Wildman–Crippen LogP) is 9.82. The maximum absolute atomic E-state index is 2.43. The van der Waals surface area contributed by atoms with Crippen molar-refractivity contribution >= 4 is 54.5 Å². The number of rotatable bonds is 3. The van der Waals surface area contributed by atoms with Gasteiger partial charge < -0.3 is 13.7 Å². The predicted molar refractivity (Wildman–Crippen MR) is 172 cm³/mol. The SMILES string of the molecule is c1ccc(-n2ccc3ccc4c(c5ccccc5n4-c4ccc5c(c4)c4ccccc4n5-c4ccccc4)c32)cc1. The molecule has 0 saturated carbocycles. The quantitative estimate of drug-likeness (QED) is 0.219. The minimum Gasteiger partial charge on any atom is -0.316 e. The smallest absolute Gasteiger partial charge is 0.0628 e. The molecule has 0 unspecified atom stereocenters. The summed E-state index contributed by atoms with van der Waals surface area (Å²) in [5.74, 6) is 0. The third kappa shape index (κ3) is 3.14. The van der Waals surface area contributed by atoms with Crippen LogP contribution in [0.5, 0.6) is 0 Å². The third-order valence-corrected chi connectivity index (χ3v) is 8.45. The third-order valence-electron chi connectivity index (χ3n) is 8.45. The number of fused-ring (bicyclic) bond motifs is 8. The molecule has 3 heterocycles. The van der Waals surface area contributed by atoms with Gasteiger partial charge in [-0.25, -0.2) is 0 Å². The molecule has 0 amide bonds. The Morgan fingerprint density at radius 2 is 0.951 bits per heavy atom. The van der Waals surface area contributed by atoms with E-state index in [2.05, 4.69) is 165 Å². The van der Waals surface area contributed by atoms with E-state index in [1.54, 1.807) is 0 Å². The molecule has 0 bridgehead atoms. The molecule has 0 aliphatic rings. The largest absolute Gasteiger partial charge is 0.316 e. The molecule has 0 N–H and O–H groups in total. The van der Waals surface area contributed by atoms with Gasteiger partial charge in [-0.3, -0.25) is 0 Å². The van der Waals surface area contributed by atoms with Crippen LogP contribution in [0, 0.1) is 0 Å². The summed E-state index contributed by atoms with van der Waals surface area (Å²) in [4.78, 5) is 0. The summed E-state index contributed by atoms with van der Waals surface area (Å²) in [6.45, 7) is 0. The molecule has 3 heteroatoms. The molecular weight excluding hydrogens is 498 g/mol. The van der Waals surface area contributed by atoms with Crippen LogP contribution >= 0.6 is 0 Å². The lowest BCUT2D eigenvalue weighted by Crippen LogP contribution is -1.96. The van der Waals surface area contributed by atoms with E-state index in [1.165, 1.54) is 65.9 Å². The van der Waals surface area contributed by atoms with E-state index in [0.717, 1.165) is 5.69 Å². The van der Waals surface area contributed by atoms with Crippen molar-refractivity contribution in [3.63, 3.8) is 0 Å². The zero-order valence-electron chi connectivity index (χ0n) is 22.3. The van der Waals surface area contributed by atoms with E-state index in [1.807, 2.05) is 0 Å². The Bertz CT molecular complexity index is 2400. The molecule has 3 aromatic heterocycles. The molecule has 0 radical (unpaired) electrons. The van der Waals surface area contributed by atoms with Gasteiger partial charge in [0.1, 0.15) is 0 Å². The summed E-state index contributed by atoms with van der Waals surface area (Å²) in [5.41, 5.74) is 9.59. The fourth-order valence-corrected chi connectivity index (χ4v) is 6.72. The molecule has 6 aromatic carbocycles. The second-order valence-corrected chi connectivity index (χ2v) is 10.7. The van der Waals surface area contributed by atoms with E-state index in [9.17, 15) is 0 Å².